The number of nitrogens with zero attached hydrogens (tertiary/aromatic N) is 2. The molecular weight excluding hydrogens is 426 g/mol. The first kappa shape index (κ1) is 22.3. The van der Waals surface area contributed by atoms with Crippen molar-refractivity contribution >= 4 is 17.6 Å². The molecule has 1 aromatic rings. The van der Waals surface area contributed by atoms with Crippen molar-refractivity contribution in [3.05, 3.63) is 39.9 Å². The summed E-state index contributed by atoms with van der Waals surface area (Å²) in [7, 11) is 1.48. The van der Waals surface area contributed by atoms with Crippen LogP contribution in [-0.4, -0.2) is 60.7 Å². The number of nitro groups is 1. The number of rotatable bonds is 6. The van der Waals surface area contributed by atoms with Gasteiger partial charge in [-0.3, -0.25) is 24.6 Å². The molecule has 9 nitrogen and oxygen atoms in total. The van der Waals surface area contributed by atoms with E-state index in [0.29, 0.717) is 44.0 Å². The number of nitro benzene ring substituents is 1. The third-order valence-electron chi connectivity index (χ3n) is 8.20. The first-order chi connectivity index (χ1) is 15.9. The third kappa shape index (κ3) is 4.24. The van der Waals surface area contributed by atoms with Crippen molar-refractivity contribution in [2.45, 2.75) is 50.8 Å². The number of ether oxygens (including phenoxy) is 2. The molecule has 0 aromatic heterocycles. The zero-order valence-electron chi connectivity index (χ0n) is 18.9. The number of carbonyl (C=O) groups is 2. The van der Waals surface area contributed by atoms with Gasteiger partial charge in [-0.05, 0) is 55.4 Å². The molecule has 0 spiro atoms. The molecule has 0 radical (unpaired) electrons. The van der Waals surface area contributed by atoms with Gasteiger partial charge in [-0.2, -0.15) is 0 Å². The molecule has 1 amide bonds. The zero-order valence-corrected chi connectivity index (χ0v) is 18.9. The SMILES string of the molecule is COC(=O)C12CC3CC(C1)C(NC(=O)C1CN(Cc4ccc([N+](=O)[O-])cc4)CCO1)C(C3)C2. The molecule has 1 aliphatic heterocycles. The van der Waals surface area contributed by atoms with Crippen molar-refractivity contribution in [1.82, 2.24) is 10.2 Å². The van der Waals surface area contributed by atoms with Crippen LogP contribution in [0.3, 0.4) is 0 Å². The molecule has 33 heavy (non-hydrogen) atoms. The highest BCUT2D eigenvalue weighted by atomic mass is 16.6. The van der Waals surface area contributed by atoms with Gasteiger partial charge < -0.3 is 14.8 Å². The minimum Gasteiger partial charge on any atom is -0.469 e. The maximum atomic E-state index is 13.1. The normalized spacial score (nSPS) is 35.2. The first-order valence-electron chi connectivity index (χ1n) is 11.8. The van der Waals surface area contributed by atoms with E-state index in [1.807, 2.05) is 0 Å². The van der Waals surface area contributed by atoms with Gasteiger partial charge in [0.1, 0.15) is 6.10 Å². The summed E-state index contributed by atoms with van der Waals surface area (Å²) in [5.41, 5.74) is 0.688. The molecule has 4 bridgehead atoms. The molecule has 9 heteroatoms. The Kier molecular flexibility index (Phi) is 5.86. The average molecular weight is 458 g/mol. The number of carbonyl (C=O) groups excluding carboxylic acids is 2. The van der Waals surface area contributed by atoms with E-state index in [0.717, 1.165) is 37.7 Å². The molecule has 1 aromatic carbocycles. The van der Waals surface area contributed by atoms with Crippen molar-refractivity contribution in [2.24, 2.45) is 23.2 Å². The second-order valence-corrected chi connectivity index (χ2v) is 10.3. The highest BCUT2D eigenvalue weighted by Crippen LogP contribution is 2.60. The molecular formula is C24H31N3O6. The van der Waals surface area contributed by atoms with Gasteiger partial charge in [0.25, 0.3) is 11.6 Å². The largest absolute Gasteiger partial charge is 0.469 e. The van der Waals surface area contributed by atoms with Crippen molar-refractivity contribution in [2.75, 3.05) is 26.8 Å². The summed E-state index contributed by atoms with van der Waals surface area (Å²) in [5.74, 6) is 1.04. The maximum Gasteiger partial charge on any atom is 0.311 e. The van der Waals surface area contributed by atoms with E-state index in [2.05, 4.69) is 10.2 Å². The molecule has 4 aliphatic carbocycles. The van der Waals surface area contributed by atoms with Crippen LogP contribution in [-0.2, 0) is 25.6 Å². The van der Waals surface area contributed by atoms with Crippen LogP contribution in [0, 0.1) is 33.3 Å². The Morgan fingerprint density at radius 1 is 1.21 bits per heavy atom. The van der Waals surface area contributed by atoms with Gasteiger partial charge >= 0.3 is 5.97 Å². The predicted molar refractivity (Wildman–Crippen MR) is 118 cm³/mol. The Balaban J connectivity index is 1.19. The van der Waals surface area contributed by atoms with Gasteiger partial charge in [0.05, 0.1) is 24.1 Å². The number of hydrogen-bond donors (Lipinski definition) is 1. The summed E-state index contributed by atoms with van der Waals surface area (Å²) in [6, 6.07) is 6.63. The number of amides is 1. The molecule has 6 rings (SSSR count). The smallest absolute Gasteiger partial charge is 0.311 e. The van der Waals surface area contributed by atoms with Gasteiger partial charge in [-0.15, -0.1) is 0 Å². The summed E-state index contributed by atoms with van der Waals surface area (Å²) in [4.78, 5) is 38.3. The zero-order chi connectivity index (χ0) is 23.2. The Bertz CT molecular complexity index is 919. The lowest BCUT2D eigenvalue weighted by Crippen LogP contribution is -2.63. The fourth-order valence-electron chi connectivity index (χ4n) is 6.97. The first-order valence-corrected chi connectivity index (χ1v) is 11.8. The maximum absolute atomic E-state index is 13.1. The number of hydrogen-bond acceptors (Lipinski definition) is 7. The third-order valence-corrected chi connectivity index (χ3v) is 8.20. The fraction of sp³-hybridized carbons (Fsp3) is 0.667. The summed E-state index contributed by atoms with van der Waals surface area (Å²) < 4.78 is 11.0. The van der Waals surface area contributed by atoms with Crippen LogP contribution in [0.25, 0.3) is 0 Å². The molecule has 1 N–H and O–H groups in total. The highest BCUT2D eigenvalue weighted by molar-refractivity contribution is 5.82. The Labute approximate surface area is 192 Å². The topological polar surface area (TPSA) is 111 Å². The van der Waals surface area contributed by atoms with Gasteiger partial charge in [0.15, 0.2) is 0 Å². The van der Waals surface area contributed by atoms with Gasteiger partial charge in [0.2, 0.25) is 0 Å². The Hall–Kier alpha value is -2.52. The predicted octanol–water partition coefficient (Wildman–Crippen LogP) is 2.28. The van der Waals surface area contributed by atoms with Crippen LogP contribution in [0.15, 0.2) is 24.3 Å². The second-order valence-electron chi connectivity index (χ2n) is 10.3. The van der Waals surface area contributed by atoms with Crippen LogP contribution in [0.2, 0.25) is 0 Å². The summed E-state index contributed by atoms with van der Waals surface area (Å²) in [6.07, 6.45) is 4.13. The highest BCUT2D eigenvalue weighted by Gasteiger charge is 2.59. The lowest BCUT2D eigenvalue weighted by atomic mass is 9.48. The quantitative estimate of drug-likeness (QED) is 0.396. The summed E-state index contributed by atoms with van der Waals surface area (Å²) in [6.45, 7) is 2.28. The molecule has 3 atom stereocenters. The van der Waals surface area contributed by atoms with Crippen LogP contribution in [0.1, 0.15) is 37.7 Å². The number of esters is 1. The van der Waals surface area contributed by atoms with Crippen LogP contribution in [0.5, 0.6) is 0 Å². The van der Waals surface area contributed by atoms with E-state index in [4.69, 9.17) is 9.47 Å². The molecule has 3 unspecified atom stereocenters. The van der Waals surface area contributed by atoms with Crippen molar-refractivity contribution in [3.63, 3.8) is 0 Å². The van der Waals surface area contributed by atoms with Crippen molar-refractivity contribution < 1.29 is 24.0 Å². The van der Waals surface area contributed by atoms with Crippen LogP contribution >= 0.6 is 0 Å². The minimum absolute atomic E-state index is 0.0719. The van der Waals surface area contributed by atoms with E-state index in [9.17, 15) is 19.7 Å². The summed E-state index contributed by atoms with van der Waals surface area (Å²) in [5, 5.41) is 14.1. The molecule has 4 saturated carbocycles. The lowest BCUT2D eigenvalue weighted by Gasteiger charge is -2.58. The van der Waals surface area contributed by atoms with Crippen LogP contribution in [0.4, 0.5) is 5.69 Å². The second kappa shape index (κ2) is 8.68. The number of methoxy groups -OCH3 is 1. The number of nitrogens with one attached hydrogen (secondary N) is 1. The molecule has 5 aliphatic rings. The van der Waals surface area contributed by atoms with Crippen LogP contribution < -0.4 is 5.32 Å². The standard InChI is InChI=1S/C24H31N3O6/c1-32-23(29)24-10-16-8-17(11-24)21(18(9-16)12-24)25-22(28)20-14-26(6-7-33-20)13-15-2-4-19(5-3-15)27(30)31/h2-5,16-18,20-21H,6-14H2,1H3,(H,25,28). The van der Waals surface area contributed by atoms with Gasteiger partial charge in [-0.1, -0.05) is 12.1 Å². The van der Waals surface area contributed by atoms with Gasteiger partial charge in [0, 0.05) is 37.8 Å². The van der Waals surface area contributed by atoms with E-state index < -0.39 is 11.0 Å². The number of morpholine rings is 1. The molecule has 1 saturated heterocycles. The van der Waals surface area contributed by atoms with Crippen molar-refractivity contribution in [3.8, 4) is 0 Å². The number of benzene rings is 1. The summed E-state index contributed by atoms with van der Waals surface area (Å²) >= 11 is 0. The van der Waals surface area contributed by atoms with Gasteiger partial charge in [-0.25, -0.2) is 0 Å². The lowest BCUT2D eigenvalue weighted by molar-refractivity contribution is -0.384. The molecule has 178 valence electrons. The monoisotopic (exact) mass is 457 g/mol. The molecule has 1 heterocycles. The fourth-order valence-corrected chi connectivity index (χ4v) is 6.97. The van der Waals surface area contributed by atoms with E-state index >= 15 is 0 Å². The van der Waals surface area contributed by atoms with E-state index in [1.165, 1.54) is 19.2 Å². The Morgan fingerprint density at radius 2 is 1.91 bits per heavy atom. The van der Waals surface area contributed by atoms with E-state index in [-0.39, 0.29) is 29.0 Å². The molecule has 5 fully saturated rings. The average Bonchev–Trinajstić information content (AvgIpc) is 2.80. The minimum atomic E-state index is -0.538. The van der Waals surface area contributed by atoms with E-state index in [1.54, 1.807) is 12.1 Å². The Morgan fingerprint density at radius 3 is 2.55 bits per heavy atom. The number of non-ortho nitro benzene ring substituents is 1. The van der Waals surface area contributed by atoms with Crippen molar-refractivity contribution in [1.29, 1.82) is 0 Å².